The first-order valence-electron chi connectivity index (χ1n) is 20.6. The number of methoxy groups -OCH3 is 1. The molecule has 1 aliphatic rings. The van der Waals surface area contributed by atoms with Gasteiger partial charge in [0, 0.05) is 56.8 Å². The number of aliphatic hydroxyl groups excluding tert-OH is 1. The summed E-state index contributed by atoms with van der Waals surface area (Å²) < 4.78 is 110. The molecule has 4 aromatic carbocycles. The van der Waals surface area contributed by atoms with E-state index in [0.717, 1.165) is 30.7 Å². The Morgan fingerprint density at radius 3 is 1.55 bits per heavy atom. The molecule has 8 rings (SSSR count). The number of hydrogen-bond donors (Lipinski definition) is 2. The van der Waals surface area contributed by atoms with Crippen molar-refractivity contribution in [3.63, 3.8) is 0 Å². The van der Waals surface area contributed by atoms with E-state index >= 15 is 0 Å². The van der Waals surface area contributed by atoms with E-state index in [-0.39, 0.29) is 202 Å². The van der Waals surface area contributed by atoms with Gasteiger partial charge in [0.15, 0.2) is 28.9 Å². The number of fused-ring (bicyclic) bond motifs is 3. The zero-order valence-corrected chi connectivity index (χ0v) is 51.7. The molecule has 2 N–H and O–H groups in total. The van der Waals surface area contributed by atoms with Crippen molar-refractivity contribution in [2.75, 3.05) is 46.0 Å². The fourth-order valence-electron chi connectivity index (χ4n) is 4.96. The number of esters is 2. The van der Waals surface area contributed by atoms with Crippen LogP contribution < -0.4 is 132 Å². The molecule has 3 aromatic heterocycles. The monoisotopic (exact) mass is 1270 g/mol. The Kier molecular flexibility index (Phi) is 54.8. The fourth-order valence-corrected chi connectivity index (χ4v) is 5.25. The Morgan fingerprint density at radius 1 is 0.800 bits per heavy atom. The molecular formula is C46H53AlBrCl3F5K2LiO15S. The van der Waals surface area contributed by atoms with Crippen LogP contribution in [0.1, 0.15) is 53.0 Å². The molecule has 0 radical (unpaired) electrons. The standard InChI is InChI=1S/C11H9FO3.C9H6ClFO.C9H7FO2.C7H7FO2.C4H7BrO2.C4H8O.CH3F.CH2O3.Al.Cl2OS.2K.Li.5H/c1-2-14-11(13)10-6-7-5-8(12)3-4-9(7)15-10;10-5-8-4-6-3-7(11)1-2-9(6)12-8;10-7-1-2-9-6(3-7)4-8(5-11)12-9;1-10-7-4-5(8)2-3-6(7)9;1-2-7-4(6)3-5;1-2-4-5-3-1;1-2;2-1-4-3;;1-4(2)3;;;;;;;;/h3-6H,2H2,1H3;1-4H,5H2;1-4,11H,5H2;2-4,9H,1H3;2-3H2,1H3;1-4H2;1H3;1,3H;;;;;;;;;;/q;;;;;;;;;;3*+1;;;;2*-1/p-1/i;;;;;;1D;;;;;;;;;;;. The summed E-state index contributed by atoms with van der Waals surface area (Å²) >= 11 is 8.49. The number of rotatable bonds is 8. The largest absolute Gasteiger partial charge is 1.00 e. The average Bonchev–Trinajstić information content (AvgIpc) is 4.21. The van der Waals surface area contributed by atoms with Gasteiger partial charge in [0.2, 0.25) is 15.0 Å². The number of ether oxygens (including phenoxy) is 4. The van der Waals surface area contributed by atoms with E-state index in [0.29, 0.717) is 56.9 Å². The molecule has 29 heteroatoms. The van der Waals surface area contributed by atoms with Gasteiger partial charge in [-0.25, -0.2) is 26.6 Å². The molecule has 15 nitrogen and oxygen atoms in total. The summed E-state index contributed by atoms with van der Waals surface area (Å²) in [6.45, 7) is 5.89. The average molecular weight is 1270 g/mol. The van der Waals surface area contributed by atoms with Crippen LogP contribution in [0.5, 0.6) is 11.5 Å². The number of carbonyl (C=O) groups excluding carboxylic acids is 3. The smallest absolute Gasteiger partial charge is 1.00 e. The normalized spacial score (nSPS) is 10.2. The van der Waals surface area contributed by atoms with Crippen LogP contribution in [0, 0.1) is 23.3 Å². The summed E-state index contributed by atoms with van der Waals surface area (Å²) in [5, 5.41) is 28.4. The third kappa shape index (κ3) is 37.5. The zero-order valence-electron chi connectivity index (χ0n) is 43.8. The molecule has 1 aliphatic heterocycles. The van der Waals surface area contributed by atoms with Crippen LogP contribution in [-0.4, -0.2) is 96.2 Å². The molecule has 402 valence electrons. The number of alkyl halides is 3. The number of aliphatic hydroxyl groups is 1. The summed E-state index contributed by atoms with van der Waals surface area (Å²) in [6, 6.07) is 21.1. The Hall–Kier alpha value is -1.06. The summed E-state index contributed by atoms with van der Waals surface area (Å²) in [5.74, 6) is -0.451. The molecule has 4 heterocycles. The number of phenols is 1. The Bertz CT molecular complexity index is 2590. The number of benzene rings is 4. The van der Waals surface area contributed by atoms with Gasteiger partial charge in [0.05, 0.1) is 34.7 Å². The topological polar surface area (TPSA) is 217 Å². The second kappa shape index (κ2) is 51.1. The molecular weight excluding hydrogens is 1220 g/mol. The summed E-state index contributed by atoms with van der Waals surface area (Å²) in [4.78, 5) is 32.7. The van der Waals surface area contributed by atoms with E-state index in [1.54, 1.807) is 38.1 Å². The van der Waals surface area contributed by atoms with Crippen LogP contribution >= 0.6 is 48.9 Å². The van der Waals surface area contributed by atoms with Crippen LogP contribution in [0.2, 0.25) is 0 Å². The van der Waals surface area contributed by atoms with Crippen LogP contribution in [0.25, 0.3) is 32.9 Å². The number of hydrogen-bond acceptors (Lipinski definition) is 15. The Labute approximate surface area is 566 Å². The van der Waals surface area contributed by atoms with E-state index in [1.807, 2.05) is 0 Å². The second-order valence-electron chi connectivity index (χ2n) is 12.5. The molecule has 75 heavy (non-hydrogen) atoms. The SMILES string of the molecule is C1CCOC1.CCOC(=O)CBr.CCOC(=O)c1cc2cc(F)ccc2o1.COc1cc(F)ccc1O.Fc1ccc2oc(CCl)cc2c1.O=CO[O-].O=S(Cl)Cl.OCc1cc2cc(F)ccc2o1.[2H]CF.[AlH3].[H-].[H-].[K+].[K+].[Li+]. The molecule has 0 bridgehead atoms. The number of furan rings is 3. The fraction of sp³-hybridized carbons (Fsp3) is 0.283. The Balaban J connectivity index is -0.000000150. The van der Waals surface area contributed by atoms with Gasteiger partial charge < -0.3 is 55.4 Å². The van der Waals surface area contributed by atoms with Crippen molar-refractivity contribution < 1.29 is 219 Å². The molecule has 0 spiro atoms. The van der Waals surface area contributed by atoms with Crippen molar-refractivity contribution in [1.82, 2.24) is 0 Å². The maximum atomic E-state index is 12.8. The number of aromatic hydroxyl groups is 1. The quantitative estimate of drug-likeness (QED) is 0.0323. The third-order valence-electron chi connectivity index (χ3n) is 7.72. The van der Waals surface area contributed by atoms with Gasteiger partial charge >= 0.3 is 134 Å². The number of halogens is 9. The van der Waals surface area contributed by atoms with Crippen LogP contribution in [0.15, 0.2) is 104 Å². The maximum Gasteiger partial charge on any atom is 1.00 e. The van der Waals surface area contributed by atoms with Crippen molar-refractivity contribution in [3.05, 3.63) is 132 Å². The first-order chi connectivity index (χ1) is 34.4. The van der Waals surface area contributed by atoms with Gasteiger partial charge in [0.1, 0.15) is 63.5 Å². The van der Waals surface area contributed by atoms with E-state index < -0.39 is 28.2 Å². The van der Waals surface area contributed by atoms with Crippen molar-refractivity contribution in [3.8, 4) is 11.5 Å². The van der Waals surface area contributed by atoms with Gasteiger partial charge in [-0.05, 0) is 112 Å². The van der Waals surface area contributed by atoms with Gasteiger partial charge in [-0.15, -0.1) is 11.6 Å². The van der Waals surface area contributed by atoms with Gasteiger partial charge in [0.25, 0.3) is 6.47 Å². The zero-order chi connectivity index (χ0) is 54.4. The molecule has 0 aliphatic carbocycles. The summed E-state index contributed by atoms with van der Waals surface area (Å²) in [7, 11) is 7.73. The molecule has 1 fully saturated rings. The van der Waals surface area contributed by atoms with Gasteiger partial charge in [-0.1, -0.05) is 15.9 Å². The molecule has 0 atom stereocenters. The Morgan fingerprint density at radius 2 is 1.20 bits per heavy atom. The molecule has 0 unspecified atom stereocenters. The van der Waals surface area contributed by atoms with Gasteiger partial charge in [-0.2, -0.15) is 0 Å². The van der Waals surface area contributed by atoms with Crippen molar-refractivity contribution >= 4 is 127 Å². The summed E-state index contributed by atoms with van der Waals surface area (Å²) in [5.41, 5.74) is 1.74. The van der Waals surface area contributed by atoms with E-state index in [9.17, 15) is 31.5 Å². The molecule has 0 amide bonds. The number of carbonyl (C=O) groups is 3. The predicted molar refractivity (Wildman–Crippen MR) is 271 cm³/mol. The van der Waals surface area contributed by atoms with Crippen molar-refractivity contribution in [1.29, 1.82) is 0 Å². The third-order valence-corrected chi connectivity index (χ3v) is 8.45. The maximum absolute atomic E-state index is 12.8. The van der Waals surface area contributed by atoms with E-state index in [1.165, 1.54) is 74.5 Å². The first-order valence-corrected chi connectivity index (χ1v) is 24.4. The number of phenolic OH excluding ortho intramolecular Hbond substituents is 1. The minimum Gasteiger partial charge on any atom is -1.00 e. The van der Waals surface area contributed by atoms with Crippen LogP contribution in [-0.2, 0) is 50.4 Å². The minimum atomic E-state index is -1.67. The van der Waals surface area contributed by atoms with Gasteiger partial charge in [-0.3, -0.25) is 14.0 Å². The minimum absolute atomic E-state index is 0. The molecule has 1 saturated heterocycles. The molecule has 0 saturated carbocycles. The predicted octanol–water partition coefficient (Wildman–Crippen LogP) is 1.52. The van der Waals surface area contributed by atoms with E-state index in [4.69, 9.17) is 60.2 Å². The summed E-state index contributed by atoms with van der Waals surface area (Å²) in [6.07, 6.45) is 2.56. The van der Waals surface area contributed by atoms with Crippen molar-refractivity contribution in [2.24, 2.45) is 0 Å². The van der Waals surface area contributed by atoms with E-state index in [2.05, 4.69) is 51.7 Å². The van der Waals surface area contributed by atoms with Crippen molar-refractivity contribution in [2.45, 2.75) is 39.2 Å². The van der Waals surface area contributed by atoms with Crippen LogP contribution in [0.4, 0.5) is 22.0 Å². The molecule has 7 aromatic rings. The first kappa shape index (κ1) is 80.4. The second-order valence-corrected chi connectivity index (χ2v) is 15.9. The van der Waals surface area contributed by atoms with Crippen LogP contribution in [0.3, 0.4) is 0 Å².